The van der Waals surface area contributed by atoms with E-state index in [0.29, 0.717) is 27.8 Å². The number of carbonyl (C=O) groups is 2. The van der Waals surface area contributed by atoms with E-state index in [0.717, 1.165) is 37.7 Å². The number of hydrogen-bond donors (Lipinski definition) is 1. The number of amides is 2. The number of carbonyl (C=O) groups excluding carboxylic acids is 2. The molecule has 0 spiro atoms. The summed E-state index contributed by atoms with van der Waals surface area (Å²) in [4.78, 5) is 29.1. The summed E-state index contributed by atoms with van der Waals surface area (Å²) in [6.45, 7) is 2.05. The van der Waals surface area contributed by atoms with Crippen LogP contribution in [0.1, 0.15) is 49.3 Å². The van der Waals surface area contributed by atoms with Crippen LogP contribution in [0.4, 0.5) is 0 Å². The van der Waals surface area contributed by atoms with Gasteiger partial charge in [-0.3, -0.25) is 9.59 Å². The Morgan fingerprint density at radius 2 is 1.68 bits per heavy atom. The number of rotatable bonds is 11. The van der Waals surface area contributed by atoms with Crippen molar-refractivity contribution in [3.05, 3.63) is 99.5 Å². The molecule has 0 aliphatic heterocycles. The molecule has 0 unspecified atom stereocenters. The zero-order valence-corrected chi connectivity index (χ0v) is 23.2. The summed E-state index contributed by atoms with van der Waals surface area (Å²) in [5.74, 6) is 0.152. The van der Waals surface area contributed by atoms with Crippen molar-refractivity contribution in [3.63, 3.8) is 0 Å². The van der Waals surface area contributed by atoms with Crippen molar-refractivity contribution in [2.45, 2.75) is 64.1 Å². The Bertz CT molecular complexity index is 1210. The summed E-state index contributed by atoms with van der Waals surface area (Å²) in [6, 6.07) is 22.0. The van der Waals surface area contributed by atoms with Crippen LogP contribution in [0.25, 0.3) is 0 Å². The molecule has 7 heteroatoms. The van der Waals surface area contributed by atoms with Crippen molar-refractivity contribution in [3.8, 4) is 5.75 Å². The fourth-order valence-electron chi connectivity index (χ4n) is 4.80. The summed E-state index contributed by atoms with van der Waals surface area (Å²) in [6.07, 6.45) is 5.41. The van der Waals surface area contributed by atoms with E-state index in [9.17, 15) is 9.59 Å². The molecule has 4 rings (SSSR count). The lowest BCUT2D eigenvalue weighted by molar-refractivity contribution is -0.143. The van der Waals surface area contributed by atoms with Crippen LogP contribution in [0.3, 0.4) is 0 Å². The number of halogens is 2. The van der Waals surface area contributed by atoms with Gasteiger partial charge in [-0.1, -0.05) is 91.5 Å². The number of hydrogen-bond acceptors (Lipinski definition) is 3. The molecule has 5 nitrogen and oxygen atoms in total. The van der Waals surface area contributed by atoms with Crippen LogP contribution >= 0.6 is 23.2 Å². The molecule has 0 aromatic heterocycles. The van der Waals surface area contributed by atoms with Crippen LogP contribution in [0.5, 0.6) is 5.75 Å². The molecule has 0 saturated heterocycles. The number of aryl methyl sites for hydroxylation is 1. The Hall–Kier alpha value is -3.02. The molecule has 1 fully saturated rings. The first kappa shape index (κ1) is 28.0. The number of nitrogens with one attached hydrogen (secondary N) is 1. The molecule has 38 heavy (non-hydrogen) atoms. The van der Waals surface area contributed by atoms with E-state index in [4.69, 9.17) is 27.9 Å². The summed E-state index contributed by atoms with van der Waals surface area (Å²) < 4.78 is 5.87. The molecule has 1 atom stereocenters. The van der Waals surface area contributed by atoms with Crippen molar-refractivity contribution in [1.29, 1.82) is 0 Å². The smallest absolute Gasteiger partial charge is 0.261 e. The van der Waals surface area contributed by atoms with Crippen LogP contribution in [-0.2, 0) is 29.0 Å². The topological polar surface area (TPSA) is 58.6 Å². The minimum absolute atomic E-state index is 0.130. The van der Waals surface area contributed by atoms with Crippen molar-refractivity contribution < 1.29 is 14.3 Å². The maximum atomic E-state index is 13.7. The van der Waals surface area contributed by atoms with Crippen molar-refractivity contribution >= 4 is 35.0 Å². The summed E-state index contributed by atoms with van der Waals surface area (Å²) in [5, 5.41) is 4.16. The molecule has 0 bridgehead atoms. The van der Waals surface area contributed by atoms with Gasteiger partial charge in [0, 0.05) is 29.1 Å². The predicted octanol–water partition coefficient (Wildman–Crippen LogP) is 6.63. The second kappa shape index (κ2) is 13.7. The molecule has 3 aromatic rings. The molecule has 1 N–H and O–H groups in total. The Labute approximate surface area is 235 Å². The molecule has 0 radical (unpaired) electrons. The van der Waals surface area contributed by atoms with Crippen molar-refractivity contribution in [2.75, 3.05) is 6.61 Å². The number of nitrogens with zero attached hydrogens (tertiary/aromatic N) is 1. The highest BCUT2D eigenvalue weighted by atomic mass is 35.5. The van der Waals surface area contributed by atoms with E-state index in [2.05, 4.69) is 12.2 Å². The third-order valence-corrected chi connectivity index (χ3v) is 7.61. The van der Waals surface area contributed by atoms with E-state index < -0.39 is 6.04 Å². The van der Waals surface area contributed by atoms with Crippen LogP contribution in [0.15, 0.2) is 72.8 Å². The average molecular weight is 554 g/mol. The SMILES string of the molecule is CCc1ccc(OCC(=O)N(Cc2ccc(Cl)cc2Cl)[C@@H](Cc2ccccc2)C(=O)NC2CCCC2)cc1. The minimum Gasteiger partial charge on any atom is -0.484 e. The van der Waals surface area contributed by atoms with Crippen LogP contribution in [0, 0.1) is 0 Å². The molecule has 2 amide bonds. The minimum atomic E-state index is -0.733. The number of ether oxygens (including phenoxy) is 1. The maximum Gasteiger partial charge on any atom is 0.261 e. The van der Waals surface area contributed by atoms with Gasteiger partial charge in [-0.2, -0.15) is 0 Å². The standard InChI is InChI=1S/C31H34Cl2N2O3/c1-2-22-12-16-27(17-13-22)38-21-30(36)35(20-24-14-15-25(32)19-28(24)33)29(18-23-8-4-3-5-9-23)31(37)34-26-10-6-7-11-26/h3-5,8-9,12-17,19,26,29H,2,6-7,10-11,18,20-21H2,1H3,(H,34,37)/t29-/m0/s1. The lowest BCUT2D eigenvalue weighted by atomic mass is 10.0. The molecule has 3 aromatic carbocycles. The first-order valence-corrected chi connectivity index (χ1v) is 14.0. The molecule has 1 aliphatic rings. The Morgan fingerprint density at radius 1 is 0.974 bits per heavy atom. The molecule has 1 saturated carbocycles. The normalized spacial score (nSPS) is 14.2. The molecular weight excluding hydrogens is 519 g/mol. The van der Waals surface area contributed by atoms with Crippen molar-refractivity contribution in [2.24, 2.45) is 0 Å². The lowest BCUT2D eigenvalue weighted by Crippen LogP contribution is -2.53. The third kappa shape index (κ3) is 7.75. The largest absolute Gasteiger partial charge is 0.484 e. The quantitative estimate of drug-likeness (QED) is 0.290. The van der Waals surface area contributed by atoms with Gasteiger partial charge in [-0.25, -0.2) is 0 Å². The van der Waals surface area contributed by atoms with E-state index in [1.54, 1.807) is 23.1 Å². The van der Waals surface area contributed by atoms with Gasteiger partial charge in [0.2, 0.25) is 5.91 Å². The summed E-state index contributed by atoms with van der Waals surface area (Å²) in [7, 11) is 0. The van der Waals surface area contributed by atoms with Gasteiger partial charge < -0.3 is 15.0 Å². The average Bonchev–Trinajstić information content (AvgIpc) is 3.44. The monoisotopic (exact) mass is 552 g/mol. The van der Waals surface area contributed by atoms with Crippen molar-refractivity contribution in [1.82, 2.24) is 10.2 Å². The fourth-order valence-corrected chi connectivity index (χ4v) is 5.27. The van der Waals surface area contributed by atoms with Gasteiger partial charge >= 0.3 is 0 Å². The van der Waals surface area contributed by atoms with E-state index in [-0.39, 0.29) is 31.0 Å². The second-order valence-electron chi connectivity index (χ2n) is 9.74. The molecule has 200 valence electrons. The second-order valence-corrected chi connectivity index (χ2v) is 10.6. The highest BCUT2D eigenvalue weighted by Crippen LogP contribution is 2.25. The first-order valence-electron chi connectivity index (χ1n) is 13.2. The van der Waals surface area contributed by atoms with E-state index in [1.165, 1.54) is 5.56 Å². The lowest BCUT2D eigenvalue weighted by Gasteiger charge is -2.32. The zero-order valence-electron chi connectivity index (χ0n) is 21.7. The predicted molar refractivity (Wildman–Crippen MR) is 153 cm³/mol. The Balaban J connectivity index is 1.62. The summed E-state index contributed by atoms with van der Waals surface area (Å²) >= 11 is 12.6. The molecule has 1 aliphatic carbocycles. The van der Waals surface area contributed by atoms with Crippen LogP contribution in [0.2, 0.25) is 10.0 Å². The van der Waals surface area contributed by atoms with E-state index >= 15 is 0 Å². The molecular formula is C31H34Cl2N2O3. The van der Waals surface area contributed by atoms with Gasteiger partial charge in [-0.05, 0) is 60.2 Å². The highest BCUT2D eigenvalue weighted by molar-refractivity contribution is 6.35. The first-order chi connectivity index (χ1) is 18.4. The van der Waals surface area contributed by atoms with Gasteiger partial charge in [0.15, 0.2) is 6.61 Å². The highest BCUT2D eigenvalue weighted by Gasteiger charge is 2.32. The zero-order chi connectivity index (χ0) is 26.9. The molecule has 0 heterocycles. The van der Waals surface area contributed by atoms with Crippen LogP contribution < -0.4 is 10.1 Å². The fraction of sp³-hybridized carbons (Fsp3) is 0.355. The van der Waals surface area contributed by atoms with Gasteiger partial charge in [-0.15, -0.1) is 0 Å². The maximum absolute atomic E-state index is 13.7. The van der Waals surface area contributed by atoms with Gasteiger partial charge in [0.25, 0.3) is 5.91 Å². The summed E-state index contributed by atoms with van der Waals surface area (Å²) in [5.41, 5.74) is 2.87. The van der Waals surface area contributed by atoms with Gasteiger partial charge in [0.1, 0.15) is 11.8 Å². The van der Waals surface area contributed by atoms with Gasteiger partial charge in [0.05, 0.1) is 0 Å². The van der Waals surface area contributed by atoms with E-state index in [1.807, 2.05) is 54.6 Å². The Kier molecular flexibility index (Phi) is 10.1. The third-order valence-electron chi connectivity index (χ3n) is 7.02. The van der Waals surface area contributed by atoms with Crippen LogP contribution in [-0.4, -0.2) is 35.4 Å². The number of benzene rings is 3. The Morgan fingerprint density at radius 3 is 2.34 bits per heavy atom.